The molecule has 2 N–H and O–H groups in total. The van der Waals surface area contributed by atoms with Crippen molar-refractivity contribution in [2.45, 2.75) is 32.9 Å². The average Bonchev–Trinajstić information content (AvgIpc) is 2.61. The molecule has 2 atom stereocenters. The van der Waals surface area contributed by atoms with Crippen LogP contribution in [0.15, 0.2) is 12.2 Å². The van der Waals surface area contributed by atoms with Gasteiger partial charge >= 0.3 is 0 Å². The summed E-state index contributed by atoms with van der Waals surface area (Å²) >= 11 is 0. The van der Waals surface area contributed by atoms with Gasteiger partial charge in [0.05, 0.1) is 12.1 Å². The number of amides is 1. The molecule has 15 heavy (non-hydrogen) atoms. The molecule has 0 saturated heterocycles. The summed E-state index contributed by atoms with van der Waals surface area (Å²) in [6.45, 7) is 6.24. The average molecular weight is 207 g/mol. The lowest BCUT2D eigenvalue weighted by Crippen LogP contribution is -2.51. The fourth-order valence-electron chi connectivity index (χ4n) is 1.41. The summed E-state index contributed by atoms with van der Waals surface area (Å²) in [4.78, 5) is 13.5. The van der Waals surface area contributed by atoms with Crippen molar-refractivity contribution < 1.29 is 4.79 Å². The molecule has 4 nitrogen and oxygen atoms in total. The normalized spacial score (nSPS) is 22.6. The van der Waals surface area contributed by atoms with Crippen LogP contribution >= 0.6 is 0 Å². The molecule has 0 bridgehead atoms. The van der Waals surface area contributed by atoms with Gasteiger partial charge in [-0.25, -0.2) is 0 Å². The van der Waals surface area contributed by atoms with E-state index in [-0.39, 0.29) is 11.3 Å². The maximum absolute atomic E-state index is 12.0. The molecular formula is C11H17N3O. The molecule has 0 fully saturated rings. The Labute approximate surface area is 90.3 Å². The smallest absolute Gasteiger partial charge is 0.241 e. The van der Waals surface area contributed by atoms with Crippen molar-refractivity contribution in [3.05, 3.63) is 12.2 Å². The van der Waals surface area contributed by atoms with Crippen LogP contribution in [0.1, 0.15) is 20.8 Å². The molecule has 4 heteroatoms. The molecule has 0 aromatic carbocycles. The zero-order valence-electron chi connectivity index (χ0n) is 9.40. The van der Waals surface area contributed by atoms with Crippen molar-refractivity contribution in [2.75, 3.05) is 6.54 Å². The maximum Gasteiger partial charge on any atom is 0.241 e. The first-order valence-corrected chi connectivity index (χ1v) is 5.00. The monoisotopic (exact) mass is 207 g/mol. The second-order valence-electron chi connectivity index (χ2n) is 4.84. The van der Waals surface area contributed by atoms with Crippen molar-refractivity contribution >= 4 is 5.91 Å². The van der Waals surface area contributed by atoms with Crippen molar-refractivity contribution in [1.82, 2.24) is 4.90 Å². The molecule has 1 aliphatic heterocycles. The minimum atomic E-state index is -0.562. The molecule has 1 rings (SSSR count). The van der Waals surface area contributed by atoms with Crippen LogP contribution in [0.4, 0.5) is 0 Å². The fourth-order valence-corrected chi connectivity index (χ4v) is 1.41. The first kappa shape index (κ1) is 11.7. The van der Waals surface area contributed by atoms with Gasteiger partial charge in [-0.05, 0) is 11.5 Å². The second-order valence-corrected chi connectivity index (χ2v) is 4.84. The van der Waals surface area contributed by atoms with E-state index < -0.39 is 12.1 Å². The van der Waals surface area contributed by atoms with Gasteiger partial charge in [0.25, 0.3) is 0 Å². The Kier molecular flexibility index (Phi) is 3.15. The van der Waals surface area contributed by atoms with E-state index in [0.29, 0.717) is 6.54 Å². The fraction of sp³-hybridized carbons (Fsp3) is 0.636. The molecule has 1 amide bonds. The number of carbonyl (C=O) groups excluding carboxylic acids is 1. The second kappa shape index (κ2) is 4.03. The van der Waals surface area contributed by atoms with Gasteiger partial charge in [-0.3, -0.25) is 4.79 Å². The molecule has 0 aromatic rings. The largest absolute Gasteiger partial charge is 0.319 e. The molecule has 0 aliphatic carbocycles. The van der Waals surface area contributed by atoms with Crippen LogP contribution in [0.3, 0.4) is 0 Å². The zero-order valence-corrected chi connectivity index (χ0v) is 9.40. The topological polar surface area (TPSA) is 70.1 Å². The van der Waals surface area contributed by atoms with Gasteiger partial charge in [-0.2, -0.15) is 5.26 Å². The SMILES string of the molecule is CC(C)(C)[C@H](N)C(=O)N1CC=CC1C#N. The summed E-state index contributed by atoms with van der Waals surface area (Å²) in [6, 6.07) is 1.05. The Morgan fingerprint density at radius 3 is 2.73 bits per heavy atom. The van der Waals surface area contributed by atoms with Crippen LogP contribution < -0.4 is 5.73 Å². The van der Waals surface area contributed by atoms with E-state index in [4.69, 9.17) is 11.0 Å². The van der Waals surface area contributed by atoms with E-state index >= 15 is 0 Å². The standard InChI is InChI=1S/C11H17N3O/c1-11(2,3)9(13)10(15)14-6-4-5-8(14)7-12/h4-5,8-9H,6,13H2,1-3H3/t8?,9-/m1/s1. The van der Waals surface area contributed by atoms with Gasteiger partial charge in [-0.15, -0.1) is 0 Å². The third-order valence-corrected chi connectivity index (χ3v) is 2.57. The lowest BCUT2D eigenvalue weighted by atomic mass is 9.86. The Balaban J connectivity index is 2.75. The molecule has 1 aliphatic rings. The van der Waals surface area contributed by atoms with Crippen LogP contribution in [0.2, 0.25) is 0 Å². The Morgan fingerprint density at radius 2 is 2.27 bits per heavy atom. The van der Waals surface area contributed by atoms with E-state index in [0.717, 1.165) is 0 Å². The van der Waals surface area contributed by atoms with Crippen LogP contribution in [-0.2, 0) is 4.79 Å². The first-order chi connectivity index (χ1) is 6.88. The third-order valence-electron chi connectivity index (χ3n) is 2.57. The molecule has 1 heterocycles. The summed E-state index contributed by atoms with van der Waals surface area (Å²) in [7, 11) is 0. The minimum Gasteiger partial charge on any atom is -0.319 e. The number of nitriles is 1. The summed E-state index contributed by atoms with van der Waals surface area (Å²) in [5.74, 6) is -0.154. The first-order valence-electron chi connectivity index (χ1n) is 5.00. The van der Waals surface area contributed by atoms with E-state index in [1.165, 1.54) is 4.90 Å². The van der Waals surface area contributed by atoms with Gasteiger partial charge in [0.2, 0.25) is 5.91 Å². The summed E-state index contributed by atoms with van der Waals surface area (Å²) in [5, 5.41) is 8.83. The quantitative estimate of drug-likeness (QED) is 0.642. The van der Waals surface area contributed by atoms with Gasteiger partial charge in [0, 0.05) is 6.54 Å². The summed E-state index contributed by atoms with van der Waals surface area (Å²) < 4.78 is 0. The van der Waals surface area contributed by atoms with Crippen molar-refractivity contribution in [1.29, 1.82) is 5.26 Å². The number of rotatable bonds is 1. The predicted molar refractivity (Wildman–Crippen MR) is 57.7 cm³/mol. The molecule has 0 aromatic heterocycles. The number of nitrogens with zero attached hydrogens (tertiary/aromatic N) is 2. The predicted octanol–water partition coefficient (Wildman–Crippen LogP) is 0.650. The Hall–Kier alpha value is -1.34. The highest BCUT2D eigenvalue weighted by Crippen LogP contribution is 2.21. The maximum atomic E-state index is 12.0. The van der Waals surface area contributed by atoms with E-state index in [2.05, 4.69) is 6.07 Å². The molecule has 0 spiro atoms. The Morgan fingerprint density at radius 1 is 1.67 bits per heavy atom. The van der Waals surface area contributed by atoms with Crippen molar-refractivity contribution in [2.24, 2.45) is 11.1 Å². The highest BCUT2D eigenvalue weighted by Gasteiger charge is 2.34. The van der Waals surface area contributed by atoms with Gasteiger partial charge in [-0.1, -0.05) is 26.8 Å². The van der Waals surface area contributed by atoms with Crippen molar-refractivity contribution in [3.8, 4) is 6.07 Å². The Bertz CT molecular complexity index is 322. The van der Waals surface area contributed by atoms with E-state index in [1.54, 1.807) is 6.08 Å². The van der Waals surface area contributed by atoms with Crippen LogP contribution in [0, 0.1) is 16.7 Å². The number of hydrogen-bond acceptors (Lipinski definition) is 3. The van der Waals surface area contributed by atoms with Crippen molar-refractivity contribution in [3.63, 3.8) is 0 Å². The number of nitrogens with two attached hydrogens (primary N) is 1. The molecule has 0 saturated carbocycles. The van der Waals surface area contributed by atoms with Crippen LogP contribution in [0.25, 0.3) is 0 Å². The van der Waals surface area contributed by atoms with Gasteiger partial charge < -0.3 is 10.6 Å². The number of hydrogen-bond donors (Lipinski definition) is 1. The zero-order chi connectivity index (χ0) is 11.6. The lowest BCUT2D eigenvalue weighted by Gasteiger charge is -2.31. The van der Waals surface area contributed by atoms with Gasteiger partial charge in [0.15, 0.2) is 0 Å². The van der Waals surface area contributed by atoms with E-state index in [1.807, 2.05) is 26.8 Å². The highest BCUT2D eigenvalue weighted by molar-refractivity contribution is 5.83. The minimum absolute atomic E-state index is 0.154. The summed E-state index contributed by atoms with van der Waals surface area (Å²) in [5.41, 5.74) is 5.58. The van der Waals surface area contributed by atoms with Crippen LogP contribution in [0.5, 0.6) is 0 Å². The molecular weight excluding hydrogens is 190 g/mol. The highest BCUT2D eigenvalue weighted by atomic mass is 16.2. The third kappa shape index (κ3) is 2.37. The van der Waals surface area contributed by atoms with E-state index in [9.17, 15) is 4.79 Å². The summed E-state index contributed by atoms with van der Waals surface area (Å²) in [6.07, 6.45) is 3.55. The molecule has 1 unspecified atom stereocenters. The van der Waals surface area contributed by atoms with Crippen LogP contribution in [-0.4, -0.2) is 29.4 Å². The van der Waals surface area contributed by atoms with Gasteiger partial charge in [0.1, 0.15) is 6.04 Å². The lowest BCUT2D eigenvalue weighted by molar-refractivity contribution is -0.134. The molecule has 0 radical (unpaired) electrons. The number of carbonyl (C=O) groups is 1. The molecule has 82 valence electrons.